The molecule has 0 aliphatic rings. The van der Waals surface area contributed by atoms with Crippen molar-refractivity contribution in [1.29, 1.82) is 0 Å². The number of amides is 1. The van der Waals surface area contributed by atoms with Crippen molar-refractivity contribution in [2.75, 3.05) is 11.9 Å². The van der Waals surface area contributed by atoms with E-state index < -0.39 is 30.1 Å². The maximum atomic E-state index is 12.9. The standard InChI is InChI=1S/C13H12Cl2F3NO4/c1-2-23-11(21)12(22,13(16,17)18)6-10(20)19-9-4-3-7(14)5-8(9)15/h3-5,22H,2,6H2,1H3,(H,19,20)/t12-/m0/s1. The van der Waals surface area contributed by atoms with Gasteiger partial charge < -0.3 is 15.2 Å². The Labute approximate surface area is 139 Å². The minimum absolute atomic E-state index is 0.0162. The van der Waals surface area contributed by atoms with Gasteiger partial charge in [0.2, 0.25) is 5.91 Å². The van der Waals surface area contributed by atoms with Crippen LogP contribution in [0.25, 0.3) is 0 Å². The van der Waals surface area contributed by atoms with Gasteiger partial charge in [-0.2, -0.15) is 13.2 Å². The molecule has 0 aliphatic heterocycles. The van der Waals surface area contributed by atoms with E-state index in [1.54, 1.807) is 0 Å². The summed E-state index contributed by atoms with van der Waals surface area (Å²) in [6.07, 6.45) is -6.96. The summed E-state index contributed by atoms with van der Waals surface area (Å²) in [6, 6.07) is 3.88. The number of aliphatic hydroxyl groups is 1. The second-order valence-corrected chi connectivity index (χ2v) is 5.27. The van der Waals surface area contributed by atoms with E-state index >= 15 is 0 Å². The topological polar surface area (TPSA) is 75.6 Å². The van der Waals surface area contributed by atoms with Crippen LogP contribution >= 0.6 is 23.2 Å². The first-order valence-electron chi connectivity index (χ1n) is 6.22. The fraction of sp³-hybridized carbons (Fsp3) is 0.385. The highest BCUT2D eigenvalue weighted by molar-refractivity contribution is 6.36. The molecule has 0 heterocycles. The lowest BCUT2D eigenvalue weighted by atomic mass is 9.98. The second kappa shape index (κ2) is 7.37. The summed E-state index contributed by atoms with van der Waals surface area (Å²) in [5, 5.41) is 11.9. The SMILES string of the molecule is CCOC(=O)[C@@](O)(CC(=O)Nc1ccc(Cl)cc1Cl)C(F)(F)F. The highest BCUT2D eigenvalue weighted by atomic mass is 35.5. The molecule has 1 aromatic rings. The Bertz CT molecular complexity index is 609. The van der Waals surface area contributed by atoms with Crippen LogP contribution in [0.15, 0.2) is 18.2 Å². The first-order valence-corrected chi connectivity index (χ1v) is 6.98. The molecule has 0 aromatic heterocycles. The van der Waals surface area contributed by atoms with Crippen LogP contribution in [0.2, 0.25) is 10.0 Å². The molecule has 1 aromatic carbocycles. The molecule has 23 heavy (non-hydrogen) atoms. The van der Waals surface area contributed by atoms with Crippen molar-refractivity contribution < 1.29 is 32.6 Å². The van der Waals surface area contributed by atoms with Gasteiger partial charge in [-0.05, 0) is 25.1 Å². The van der Waals surface area contributed by atoms with Crippen LogP contribution in [0.4, 0.5) is 18.9 Å². The summed E-state index contributed by atoms with van der Waals surface area (Å²) in [4.78, 5) is 23.1. The van der Waals surface area contributed by atoms with Gasteiger partial charge >= 0.3 is 12.1 Å². The van der Waals surface area contributed by atoms with E-state index in [0.717, 1.165) is 0 Å². The average molecular weight is 374 g/mol. The minimum atomic E-state index is -5.39. The van der Waals surface area contributed by atoms with Gasteiger partial charge in [-0.1, -0.05) is 23.2 Å². The molecule has 0 aliphatic carbocycles. The van der Waals surface area contributed by atoms with E-state index in [4.69, 9.17) is 23.2 Å². The lowest BCUT2D eigenvalue weighted by molar-refractivity contribution is -0.262. The van der Waals surface area contributed by atoms with Crippen molar-refractivity contribution in [1.82, 2.24) is 0 Å². The number of hydrogen-bond donors (Lipinski definition) is 2. The van der Waals surface area contributed by atoms with Crippen LogP contribution in [-0.2, 0) is 14.3 Å². The summed E-state index contributed by atoms with van der Waals surface area (Å²) < 4.78 is 43.0. The summed E-state index contributed by atoms with van der Waals surface area (Å²) in [6.45, 7) is 0.879. The number of anilines is 1. The molecule has 1 rings (SSSR count). The van der Waals surface area contributed by atoms with Crippen LogP contribution in [0.1, 0.15) is 13.3 Å². The molecule has 5 nitrogen and oxygen atoms in total. The smallest absolute Gasteiger partial charge is 0.428 e. The molecule has 2 N–H and O–H groups in total. The van der Waals surface area contributed by atoms with E-state index in [0.29, 0.717) is 0 Å². The third-order valence-electron chi connectivity index (χ3n) is 2.70. The number of esters is 1. The van der Waals surface area contributed by atoms with Crippen molar-refractivity contribution in [3.63, 3.8) is 0 Å². The Morgan fingerprint density at radius 1 is 1.30 bits per heavy atom. The molecule has 128 valence electrons. The number of halogens is 5. The highest BCUT2D eigenvalue weighted by Gasteiger charge is 2.61. The van der Waals surface area contributed by atoms with Gasteiger partial charge in [0.15, 0.2) is 0 Å². The number of alkyl halides is 3. The zero-order chi connectivity index (χ0) is 17.8. The fourth-order valence-corrected chi connectivity index (χ4v) is 2.01. The Balaban J connectivity index is 2.96. The normalized spacial score (nSPS) is 14.0. The number of rotatable bonds is 5. The Kier molecular flexibility index (Phi) is 6.26. The van der Waals surface area contributed by atoms with Crippen molar-refractivity contribution >= 4 is 40.8 Å². The lowest BCUT2D eigenvalue weighted by Gasteiger charge is -2.27. The third kappa shape index (κ3) is 4.73. The molecule has 1 atom stereocenters. The summed E-state index contributed by atoms with van der Waals surface area (Å²) in [5.41, 5.74) is -3.97. The predicted molar refractivity (Wildman–Crippen MR) is 77.3 cm³/mol. The Morgan fingerprint density at radius 3 is 2.39 bits per heavy atom. The van der Waals surface area contributed by atoms with Crippen LogP contribution in [0, 0.1) is 0 Å². The van der Waals surface area contributed by atoms with Crippen molar-refractivity contribution in [2.24, 2.45) is 0 Å². The molecule has 1 amide bonds. The molecule has 0 saturated carbocycles. The second-order valence-electron chi connectivity index (χ2n) is 4.43. The maximum Gasteiger partial charge on any atom is 0.428 e. The summed E-state index contributed by atoms with van der Waals surface area (Å²) in [7, 11) is 0. The lowest BCUT2D eigenvalue weighted by Crippen LogP contribution is -2.54. The van der Waals surface area contributed by atoms with Crippen LogP contribution < -0.4 is 5.32 Å². The maximum absolute atomic E-state index is 12.9. The first kappa shape index (κ1) is 19.5. The third-order valence-corrected chi connectivity index (χ3v) is 3.25. The molecule has 0 saturated heterocycles. The number of benzene rings is 1. The van der Waals surface area contributed by atoms with Crippen molar-refractivity contribution in [3.05, 3.63) is 28.2 Å². The minimum Gasteiger partial charge on any atom is -0.464 e. The molecule has 0 bridgehead atoms. The first-order chi connectivity index (χ1) is 10.5. The van der Waals surface area contributed by atoms with Crippen LogP contribution in [0.3, 0.4) is 0 Å². The van der Waals surface area contributed by atoms with Gasteiger partial charge in [0.25, 0.3) is 5.60 Å². The predicted octanol–water partition coefficient (Wildman–Crippen LogP) is 3.18. The molecule has 0 radical (unpaired) electrons. The number of ether oxygens (including phenoxy) is 1. The number of nitrogens with one attached hydrogen (secondary N) is 1. The summed E-state index contributed by atoms with van der Waals surface area (Å²) in [5.74, 6) is -3.23. The van der Waals surface area contributed by atoms with E-state index in [9.17, 15) is 27.9 Å². The molecule has 0 unspecified atom stereocenters. The number of carbonyl (C=O) groups is 2. The number of carbonyl (C=O) groups excluding carboxylic acids is 2. The molecule has 0 fully saturated rings. The monoisotopic (exact) mass is 373 g/mol. The van der Waals surface area contributed by atoms with Crippen LogP contribution in [-0.4, -0.2) is 35.4 Å². The van der Waals surface area contributed by atoms with E-state index in [-0.39, 0.29) is 22.3 Å². The van der Waals surface area contributed by atoms with Gasteiger partial charge in [-0.3, -0.25) is 4.79 Å². The van der Waals surface area contributed by atoms with Gasteiger partial charge in [0.1, 0.15) is 0 Å². The molecular weight excluding hydrogens is 362 g/mol. The van der Waals surface area contributed by atoms with E-state index in [1.807, 2.05) is 0 Å². The molecule has 0 spiro atoms. The zero-order valence-electron chi connectivity index (χ0n) is 11.7. The van der Waals surface area contributed by atoms with Gasteiger partial charge in [-0.25, -0.2) is 4.79 Å². The Morgan fingerprint density at radius 2 is 1.91 bits per heavy atom. The average Bonchev–Trinajstić information content (AvgIpc) is 2.40. The molecular formula is C13H12Cl2F3NO4. The Hall–Kier alpha value is -1.51. The largest absolute Gasteiger partial charge is 0.464 e. The number of hydrogen-bond acceptors (Lipinski definition) is 4. The van der Waals surface area contributed by atoms with E-state index in [1.165, 1.54) is 25.1 Å². The van der Waals surface area contributed by atoms with Gasteiger partial charge in [0, 0.05) is 5.02 Å². The van der Waals surface area contributed by atoms with Gasteiger partial charge in [0.05, 0.1) is 23.7 Å². The quantitative estimate of drug-likeness (QED) is 0.777. The summed E-state index contributed by atoms with van der Waals surface area (Å²) >= 11 is 11.4. The van der Waals surface area contributed by atoms with Crippen molar-refractivity contribution in [2.45, 2.75) is 25.1 Å². The van der Waals surface area contributed by atoms with Gasteiger partial charge in [-0.15, -0.1) is 0 Å². The molecule has 10 heteroatoms. The highest BCUT2D eigenvalue weighted by Crippen LogP contribution is 2.35. The fourth-order valence-electron chi connectivity index (χ4n) is 1.56. The zero-order valence-corrected chi connectivity index (χ0v) is 13.2. The van der Waals surface area contributed by atoms with E-state index in [2.05, 4.69) is 10.1 Å². The van der Waals surface area contributed by atoms with Crippen LogP contribution in [0.5, 0.6) is 0 Å². The van der Waals surface area contributed by atoms with Crippen molar-refractivity contribution in [3.8, 4) is 0 Å².